The highest BCUT2D eigenvalue weighted by atomic mass is 32.1. The molecule has 0 radical (unpaired) electrons. The van der Waals surface area contributed by atoms with Gasteiger partial charge in [0.05, 0.1) is 13.2 Å². The minimum absolute atomic E-state index is 0.0104. The summed E-state index contributed by atoms with van der Waals surface area (Å²) in [5.41, 5.74) is 0.346. The Bertz CT molecular complexity index is 329. The number of phenolic OH excluding ortho intramolecular Hbond substituents is 1. The van der Waals surface area contributed by atoms with Crippen LogP contribution >= 0.6 is 12.6 Å². The molecule has 84 valence electrons. The first-order chi connectivity index (χ1) is 7.10. The summed E-state index contributed by atoms with van der Waals surface area (Å²) in [4.78, 5) is 0. The van der Waals surface area contributed by atoms with E-state index in [4.69, 9.17) is 4.74 Å². The van der Waals surface area contributed by atoms with Gasteiger partial charge in [0.25, 0.3) is 0 Å². The molecule has 0 aliphatic carbocycles. The monoisotopic (exact) mass is 230 g/mol. The maximum atomic E-state index is 9.74. The van der Waals surface area contributed by atoms with Gasteiger partial charge in [0.2, 0.25) is 0 Å². The first-order valence-corrected chi connectivity index (χ1v) is 5.07. The van der Waals surface area contributed by atoms with Crippen molar-refractivity contribution in [2.24, 2.45) is 0 Å². The Labute approximate surface area is 93.5 Å². The quantitative estimate of drug-likeness (QED) is 0.575. The normalized spacial score (nSPS) is 14.7. The molecule has 0 heterocycles. The molecule has 0 saturated heterocycles. The van der Waals surface area contributed by atoms with Crippen LogP contribution in [-0.4, -0.2) is 34.3 Å². The largest absolute Gasteiger partial charge is 0.508 e. The molecule has 0 aromatic heterocycles. The van der Waals surface area contributed by atoms with E-state index in [1.54, 1.807) is 0 Å². The zero-order chi connectivity index (χ0) is 11.4. The fourth-order valence-electron chi connectivity index (χ4n) is 1.26. The van der Waals surface area contributed by atoms with Gasteiger partial charge in [-0.15, -0.1) is 0 Å². The predicted octanol–water partition coefficient (Wildman–Crippen LogP) is 0.725. The minimum Gasteiger partial charge on any atom is -0.508 e. The van der Waals surface area contributed by atoms with Crippen molar-refractivity contribution >= 4 is 12.6 Å². The van der Waals surface area contributed by atoms with E-state index in [2.05, 4.69) is 12.6 Å². The third kappa shape index (κ3) is 2.77. The molecular weight excluding hydrogens is 216 g/mol. The molecule has 4 nitrogen and oxygen atoms in total. The number of thiol groups is 1. The Morgan fingerprint density at radius 2 is 2.07 bits per heavy atom. The van der Waals surface area contributed by atoms with Crippen LogP contribution in [0.4, 0.5) is 0 Å². The van der Waals surface area contributed by atoms with Gasteiger partial charge in [-0.1, -0.05) is 0 Å². The summed E-state index contributed by atoms with van der Waals surface area (Å²) < 4.78 is 5.01. The molecular formula is C10H14O4S. The van der Waals surface area contributed by atoms with Crippen molar-refractivity contribution in [3.63, 3.8) is 0 Å². The Morgan fingerprint density at radius 1 is 1.40 bits per heavy atom. The van der Waals surface area contributed by atoms with Gasteiger partial charge < -0.3 is 20.1 Å². The van der Waals surface area contributed by atoms with Gasteiger partial charge in [-0.05, 0) is 18.2 Å². The molecule has 1 rings (SSSR count). The van der Waals surface area contributed by atoms with Gasteiger partial charge in [-0.25, -0.2) is 0 Å². The van der Waals surface area contributed by atoms with Crippen molar-refractivity contribution in [2.75, 3.05) is 12.9 Å². The summed E-state index contributed by atoms with van der Waals surface area (Å²) in [6.45, 7) is 0. The van der Waals surface area contributed by atoms with Crippen LogP contribution in [0.5, 0.6) is 11.5 Å². The average molecular weight is 230 g/mol. The Morgan fingerprint density at radius 3 is 2.60 bits per heavy atom. The Kier molecular flexibility index (Phi) is 4.26. The molecule has 0 spiro atoms. The maximum absolute atomic E-state index is 9.74. The summed E-state index contributed by atoms with van der Waals surface area (Å²) in [5, 5.41) is 28.4. The van der Waals surface area contributed by atoms with Crippen LogP contribution in [0.3, 0.4) is 0 Å². The van der Waals surface area contributed by atoms with E-state index in [-0.39, 0.29) is 11.5 Å². The van der Waals surface area contributed by atoms with Crippen molar-refractivity contribution in [2.45, 2.75) is 12.2 Å². The summed E-state index contributed by atoms with van der Waals surface area (Å²) in [6.07, 6.45) is -2.12. The number of hydrogen-bond donors (Lipinski definition) is 4. The molecule has 0 aliphatic rings. The lowest BCUT2D eigenvalue weighted by molar-refractivity contribution is 0.0321. The van der Waals surface area contributed by atoms with Crippen LogP contribution in [0, 0.1) is 0 Å². The Balaban J connectivity index is 3.05. The lowest BCUT2D eigenvalue weighted by atomic mass is 10.0. The number of aliphatic hydroxyl groups excluding tert-OH is 2. The van der Waals surface area contributed by atoms with E-state index in [0.717, 1.165) is 0 Å². The van der Waals surface area contributed by atoms with Crippen molar-refractivity contribution in [3.05, 3.63) is 23.8 Å². The van der Waals surface area contributed by atoms with Crippen LogP contribution in [-0.2, 0) is 0 Å². The van der Waals surface area contributed by atoms with E-state index in [0.29, 0.717) is 11.3 Å². The zero-order valence-electron chi connectivity index (χ0n) is 8.29. The van der Waals surface area contributed by atoms with Crippen LogP contribution in [0.25, 0.3) is 0 Å². The van der Waals surface area contributed by atoms with Crippen LogP contribution in [0.1, 0.15) is 11.7 Å². The smallest absolute Gasteiger partial charge is 0.125 e. The van der Waals surface area contributed by atoms with Crippen molar-refractivity contribution < 1.29 is 20.1 Å². The van der Waals surface area contributed by atoms with E-state index in [1.165, 1.54) is 25.3 Å². The molecule has 2 atom stereocenters. The van der Waals surface area contributed by atoms with Gasteiger partial charge >= 0.3 is 0 Å². The molecule has 1 aromatic carbocycles. The van der Waals surface area contributed by atoms with E-state index < -0.39 is 12.2 Å². The number of phenols is 1. The summed E-state index contributed by atoms with van der Waals surface area (Å²) in [5.74, 6) is 0.553. The van der Waals surface area contributed by atoms with Gasteiger partial charge in [0, 0.05) is 11.3 Å². The molecule has 0 bridgehead atoms. The summed E-state index contributed by atoms with van der Waals surface area (Å²) >= 11 is 3.88. The number of benzene rings is 1. The standard InChI is InChI=1S/C10H14O4S/c1-14-9-3-2-6(11)4-7(9)10(13)8(12)5-15/h2-4,8,10-13,15H,5H2,1H3. The third-order valence-electron chi connectivity index (χ3n) is 2.08. The fraction of sp³-hybridized carbons (Fsp3) is 0.400. The summed E-state index contributed by atoms with van der Waals surface area (Å²) in [6, 6.07) is 4.33. The average Bonchev–Trinajstić information content (AvgIpc) is 2.27. The molecule has 3 N–H and O–H groups in total. The van der Waals surface area contributed by atoms with Crippen molar-refractivity contribution in [1.82, 2.24) is 0 Å². The lowest BCUT2D eigenvalue weighted by Crippen LogP contribution is -2.20. The molecule has 2 unspecified atom stereocenters. The highest BCUT2D eigenvalue weighted by Crippen LogP contribution is 2.30. The second kappa shape index (κ2) is 5.25. The molecule has 0 aliphatic heterocycles. The molecule has 1 aromatic rings. The van der Waals surface area contributed by atoms with E-state index in [9.17, 15) is 15.3 Å². The SMILES string of the molecule is COc1ccc(O)cc1C(O)C(O)CS. The van der Waals surface area contributed by atoms with E-state index in [1.807, 2.05) is 0 Å². The Hall–Kier alpha value is -0.910. The van der Waals surface area contributed by atoms with Crippen molar-refractivity contribution in [1.29, 1.82) is 0 Å². The van der Waals surface area contributed by atoms with Crippen LogP contribution < -0.4 is 4.74 Å². The van der Waals surface area contributed by atoms with E-state index >= 15 is 0 Å². The molecule has 0 fully saturated rings. The minimum atomic E-state index is -1.12. The van der Waals surface area contributed by atoms with Crippen molar-refractivity contribution in [3.8, 4) is 11.5 Å². The number of aromatic hydroxyl groups is 1. The maximum Gasteiger partial charge on any atom is 0.125 e. The number of hydrogen-bond acceptors (Lipinski definition) is 5. The summed E-state index contributed by atoms with van der Waals surface area (Å²) in [7, 11) is 1.45. The first-order valence-electron chi connectivity index (χ1n) is 4.44. The van der Waals surface area contributed by atoms with Crippen LogP contribution in [0.2, 0.25) is 0 Å². The molecule has 15 heavy (non-hydrogen) atoms. The number of aliphatic hydroxyl groups is 2. The zero-order valence-corrected chi connectivity index (χ0v) is 9.19. The second-order valence-electron chi connectivity index (χ2n) is 3.12. The number of methoxy groups -OCH3 is 1. The third-order valence-corrected chi connectivity index (χ3v) is 2.46. The van der Waals surface area contributed by atoms with Gasteiger partial charge in [-0.2, -0.15) is 12.6 Å². The number of ether oxygens (including phenoxy) is 1. The fourth-order valence-corrected chi connectivity index (χ4v) is 1.46. The lowest BCUT2D eigenvalue weighted by Gasteiger charge is -2.18. The first kappa shape index (κ1) is 12.2. The highest BCUT2D eigenvalue weighted by Gasteiger charge is 2.21. The topological polar surface area (TPSA) is 69.9 Å². The van der Waals surface area contributed by atoms with Gasteiger partial charge in [-0.3, -0.25) is 0 Å². The molecule has 0 saturated carbocycles. The van der Waals surface area contributed by atoms with Crippen LogP contribution in [0.15, 0.2) is 18.2 Å². The van der Waals surface area contributed by atoms with Gasteiger partial charge in [0.1, 0.15) is 17.6 Å². The number of rotatable bonds is 4. The second-order valence-corrected chi connectivity index (χ2v) is 3.49. The molecule has 0 amide bonds. The predicted molar refractivity (Wildman–Crippen MR) is 59.5 cm³/mol. The van der Waals surface area contributed by atoms with Gasteiger partial charge in [0.15, 0.2) is 0 Å². The highest BCUT2D eigenvalue weighted by molar-refractivity contribution is 7.80. The molecule has 5 heteroatoms.